The van der Waals surface area contributed by atoms with Crippen LogP contribution < -0.4 is 16.0 Å². The van der Waals surface area contributed by atoms with E-state index in [1.165, 1.54) is 11.3 Å². The minimum absolute atomic E-state index is 0.701. The summed E-state index contributed by atoms with van der Waals surface area (Å²) in [5, 5.41) is 3.25. The Hall–Kier alpha value is -2.23. The van der Waals surface area contributed by atoms with Gasteiger partial charge in [-0.25, -0.2) is 4.98 Å². The number of hydrogen-bond acceptors (Lipinski definition) is 4. The molecule has 0 aliphatic heterocycles. The van der Waals surface area contributed by atoms with Crippen molar-refractivity contribution in [2.45, 2.75) is 6.92 Å². The van der Waals surface area contributed by atoms with Crippen molar-refractivity contribution in [3.8, 4) is 0 Å². The van der Waals surface area contributed by atoms with E-state index < -0.39 is 0 Å². The molecule has 0 unspecified atom stereocenters. The van der Waals surface area contributed by atoms with Crippen LogP contribution in [0, 0.1) is 6.92 Å². The van der Waals surface area contributed by atoms with Gasteiger partial charge >= 0.3 is 0 Å². The van der Waals surface area contributed by atoms with Gasteiger partial charge in [-0.1, -0.05) is 6.07 Å². The fourth-order valence-electron chi connectivity index (χ4n) is 1.83. The molecular formula is C14H18N4. The van der Waals surface area contributed by atoms with Crippen molar-refractivity contribution >= 4 is 22.9 Å². The Labute approximate surface area is 107 Å². The van der Waals surface area contributed by atoms with Gasteiger partial charge in [-0.2, -0.15) is 0 Å². The highest BCUT2D eigenvalue weighted by molar-refractivity contribution is 5.66. The summed E-state index contributed by atoms with van der Waals surface area (Å²) in [4.78, 5) is 6.32. The Bertz CT molecular complexity index is 549. The zero-order valence-corrected chi connectivity index (χ0v) is 10.9. The number of nitrogens with one attached hydrogen (secondary N) is 1. The summed E-state index contributed by atoms with van der Waals surface area (Å²) < 4.78 is 0. The second-order valence-corrected chi connectivity index (χ2v) is 4.50. The molecule has 0 amide bonds. The number of nitrogens with zero attached hydrogens (tertiary/aromatic N) is 2. The van der Waals surface area contributed by atoms with Gasteiger partial charge in [0.2, 0.25) is 0 Å². The number of pyridine rings is 1. The molecule has 0 fully saturated rings. The third-order valence-electron chi connectivity index (χ3n) is 2.75. The fourth-order valence-corrected chi connectivity index (χ4v) is 1.83. The van der Waals surface area contributed by atoms with E-state index in [2.05, 4.69) is 34.3 Å². The number of rotatable bonds is 3. The number of aromatic nitrogens is 1. The summed E-state index contributed by atoms with van der Waals surface area (Å²) in [6.45, 7) is 2.10. The highest BCUT2D eigenvalue weighted by Crippen LogP contribution is 2.24. The van der Waals surface area contributed by atoms with Crippen LogP contribution in [0.2, 0.25) is 0 Å². The Morgan fingerprint density at radius 1 is 1.17 bits per heavy atom. The van der Waals surface area contributed by atoms with Crippen molar-refractivity contribution < 1.29 is 0 Å². The molecule has 1 heterocycles. The second kappa shape index (κ2) is 4.96. The lowest BCUT2D eigenvalue weighted by Gasteiger charge is -2.17. The zero-order valence-electron chi connectivity index (χ0n) is 10.9. The maximum atomic E-state index is 5.73. The number of nitrogens with two attached hydrogens (primary N) is 1. The number of nitrogen functional groups attached to an aromatic ring is 1. The molecule has 0 radical (unpaired) electrons. The van der Waals surface area contributed by atoms with E-state index in [0.717, 1.165) is 11.5 Å². The first-order valence-electron chi connectivity index (χ1n) is 5.83. The van der Waals surface area contributed by atoms with Gasteiger partial charge in [-0.3, -0.25) is 0 Å². The summed E-state index contributed by atoms with van der Waals surface area (Å²) in [6, 6.07) is 9.80. The lowest BCUT2D eigenvalue weighted by molar-refractivity contribution is 1.11. The van der Waals surface area contributed by atoms with Gasteiger partial charge < -0.3 is 16.0 Å². The minimum atomic E-state index is 0.701. The van der Waals surface area contributed by atoms with Gasteiger partial charge in [0.15, 0.2) is 0 Å². The molecule has 4 nitrogen and oxygen atoms in total. The SMILES string of the molecule is Cc1ccc(Nc2cc(N)ccn2)cc1N(C)C. The van der Waals surface area contributed by atoms with Crippen molar-refractivity contribution in [1.82, 2.24) is 4.98 Å². The van der Waals surface area contributed by atoms with Crippen molar-refractivity contribution in [3.05, 3.63) is 42.1 Å². The van der Waals surface area contributed by atoms with Gasteiger partial charge in [0.1, 0.15) is 5.82 Å². The van der Waals surface area contributed by atoms with Crippen LogP contribution in [0.3, 0.4) is 0 Å². The average Bonchev–Trinajstić information content (AvgIpc) is 2.31. The van der Waals surface area contributed by atoms with Crippen molar-refractivity contribution in [1.29, 1.82) is 0 Å². The summed E-state index contributed by atoms with van der Waals surface area (Å²) in [7, 11) is 4.07. The molecule has 2 aromatic rings. The molecule has 0 spiro atoms. The first-order chi connectivity index (χ1) is 8.56. The van der Waals surface area contributed by atoms with Crippen LogP contribution in [0.5, 0.6) is 0 Å². The van der Waals surface area contributed by atoms with Gasteiger partial charge in [-0.05, 0) is 30.7 Å². The molecule has 4 heteroatoms. The number of anilines is 4. The third-order valence-corrected chi connectivity index (χ3v) is 2.75. The van der Waals surface area contributed by atoms with Crippen molar-refractivity contribution in [2.24, 2.45) is 0 Å². The van der Waals surface area contributed by atoms with Crippen LogP contribution >= 0.6 is 0 Å². The smallest absolute Gasteiger partial charge is 0.132 e. The highest BCUT2D eigenvalue weighted by Gasteiger charge is 2.03. The number of hydrogen-bond donors (Lipinski definition) is 2. The highest BCUT2D eigenvalue weighted by atomic mass is 15.1. The molecule has 3 N–H and O–H groups in total. The largest absolute Gasteiger partial charge is 0.399 e. The van der Waals surface area contributed by atoms with E-state index in [1.807, 2.05) is 26.2 Å². The lowest BCUT2D eigenvalue weighted by Crippen LogP contribution is -2.10. The fraction of sp³-hybridized carbons (Fsp3) is 0.214. The third kappa shape index (κ3) is 2.71. The molecule has 0 aliphatic rings. The second-order valence-electron chi connectivity index (χ2n) is 4.50. The van der Waals surface area contributed by atoms with E-state index in [-0.39, 0.29) is 0 Å². The van der Waals surface area contributed by atoms with Gasteiger partial charge in [0.05, 0.1) is 0 Å². The molecular weight excluding hydrogens is 224 g/mol. The van der Waals surface area contributed by atoms with Crippen molar-refractivity contribution in [2.75, 3.05) is 30.0 Å². The molecule has 1 aromatic heterocycles. The predicted molar refractivity (Wildman–Crippen MR) is 77.4 cm³/mol. The van der Waals surface area contributed by atoms with Crippen molar-refractivity contribution in [3.63, 3.8) is 0 Å². The monoisotopic (exact) mass is 242 g/mol. The molecule has 94 valence electrons. The normalized spacial score (nSPS) is 10.2. The standard InChI is InChI=1S/C14H18N4/c1-10-4-5-12(9-13(10)18(2)3)17-14-8-11(15)6-7-16-14/h4-9H,1-3H3,(H3,15,16,17). The summed E-state index contributed by atoms with van der Waals surface area (Å²) in [6.07, 6.45) is 1.69. The minimum Gasteiger partial charge on any atom is -0.399 e. The van der Waals surface area contributed by atoms with Crippen LogP contribution in [-0.2, 0) is 0 Å². The Kier molecular flexibility index (Phi) is 3.37. The molecule has 0 aliphatic carbocycles. The first kappa shape index (κ1) is 12.2. The maximum Gasteiger partial charge on any atom is 0.132 e. The Morgan fingerprint density at radius 3 is 2.61 bits per heavy atom. The van der Waals surface area contributed by atoms with E-state index >= 15 is 0 Å². The number of benzene rings is 1. The first-order valence-corrected chi connectivity index (χ1v) is 5.83. The molecule has 2 rings (SSSR count). The molecule has 0 bridgehead atoms. The molecule has 0 atom stereocenters. The van der Waals surface area contributed by atoms with Crippen LogP contribution in [-0.4, -0.2) is 19.1 Å². The molecule has 1 aromatic carbocycles. The average molecular weight is 242 g/mol. The van der Waals surface area contributed by atoms with E-state index in [9.17, 15) is 0 Å². The van der Waals surface area contributed by atoms with Crippen LogP contribution in [0.15, 0.2) is 36.5 Å². The van der Waals surface area contributed by atoms with Crippen LogP contribution in [0.4, 0.5) is 22.9 Å². The van der Waals surface area contributed by atoms with Gasteiger partial charge in [0, 0.05) is 43.4 Å². The summed E-state index contributed by atoms with van der Waals surface area (Å²) >= 11 is 0. The van der Waals surface area contributed by atoms with E-state index in [4.69, 9.17) is 5.73 Å². The zero-order chi connectivity index (χ0) is 13.1. The topological polar surface area (TPSA) is 54.2 Å². The Morgan fingerprint density at radius 2 is 1.94 bits per heavy atom. The lowest BCUT2D eigenvalue weighted by atomic mass is 10.1. The van der Waals surface area contributed by atoms with Gasteiger partial charge in [0.25, 0.3) is 0 Å². The molecule has 18 heavy (non-hydrogen) atoms. The maximum absolute atomic E-state index is 5.73. The quantitative estimate of drug-likeness (QED) is 0.869. The van der Waals surface area contributed by atoms with Crippen LogP contribution in [0.1, 0.15) is 5.56 Å². The van der Waals surface area contributed by atoms with E-state index in [0.29, 0.717) is 5.69 Å². The summed E-state index contributed by atoms with van der Waals surface area (Å²) in [5.41, 5.74) is 9.86. The van der Waals surface area contributed by atoms with E-state index in [1.54, 1.807) is 12.3 Å². The summed E-state index contributed by atoms with van der Waals surface area (Å²) in [5.74, 6) is 0.753. The van der Waals surface area contributed by atoms with Gasteiger partial charge in [-0.15, -0.1) is 0 Å². The molecule has 0 saturated heterocycles. The van der Waals surface area contributed by atoms with Crippen LogP contribution in [0.25, 0.3) is 0 Å². The Balaban J connectivity index is 2.27. The predicted octanol–water partition coefficient (Wildman–Crippen LogP) is 2.78. The number of aryl methyl sites for hydroxylation is 1. The molecule has 0 saturated carbocycles.